The normalized spacial score (nSPS) is 19.7. The molecule has 1 aromatic rings. The Morgan fingerprint density at radius 3 is 2.20 bits per heavy atom. The van der Waals surface area contributed by atoms with E-state index < -0.39 is 0 Å². The van der Waals surface area contributed by atoms with Gasteiger partial charge in [-0.25, -0.2) is 0 Å². The number of nitrogens with zero attached hydrogens (tertiary/aromatic N) is 1. The largest absolute Gasteiger partial charge is 0.326 e. The van der Waals surface area contributed by atoms with E-state index in [4.69, 9.17) is 5.73 Å². The van der Waals surface area contributed by atoms with Gasteiger partial charge in [-0.15, -0.1) is 0 Å². The van der Waals surface area contributed by atoms with Crippen molar-refractivity contribution in [3.63, 3.8) is 0 Å². The van der Waals surface area contributed by atoms with Gasteiger partial charge < -0.3 is 5.73 Å². The Hall–Kier alpha value is -0.860. The second-order valence-electron chi connectivity index (χ2n) is 6.74. The van der Waals surface area contributed by atoms with Crippen LogP contribution >= 0.6 is 0 Å². The van der Waals surface area contributed by atoms with E-state index in [1.807, 2.05) is 0 Å². The van der Waals surface area contributed by atoms with Crippen LogP contribution in [0.25, 0.3) is 0 Å². The molecular weight excluding hydrogens is 244 g/mol. The Kier molecular flexibility index (Phi) is 5.62. The predicted molar refractivity (Wildman–Crippen MR) is 86.6 cm³/mol. The molecule has 112 valence electrons. The zero-order valence-electron chi connectivity index (χ0n) is 13.3. The van der Waals surface area contributed by atoms with E-state index in [9.17, 15) is 0 Å². The first-order valence-electron chi connectivity index (χ1n) is 8.16. The van der Waals surface area contributed by atoms with E-state index in [0.29, 0.717) is 18.0 Å². The van der Waals surface area contributed by atoms with Gasteiger partial charge in [0.05, 0.1) is 0 Å². The molecule has 1 aliphatic carbocycles. The van der Waals surface area contributed by atoms with E-state index in [0.717, 1.165) is 6.54 Å². The standard InChI is InChI=1S/C18H30N2/c1-14(2)13-20(17-11-7-8-12-17)18(15(3)19)16-9-5-4-6-10-16/h4-6,9-10,14-15,17-18H,7-8,11-13,19H2,1-3H3. The van der Waals surface area contributed by atoms with Gasteiger partial charge in [-0.2, -0.15) is 0 Å². The highest BCUT2D eigenvalue weighted by Crippen LogP contribution is 2.33. The van der Waals surface area contributed by atoms with Crippen LogP contribution in [0.4, 0.5) is 0 Å². The van der Waals surface area contributed by atoms with Crippen LogP contribution in [0.5, 0.6) is 0 Å². The summed E-state index contributed by atoms with van der Waals surface area (Å²) >= 11 is 0. The van der Waals surface area contributed by atoms with Crippen molar-refractivity contribution in [2.45, 2.75) is 64.6 Å². The summed E-state index contributed by atoms with van der Waals surface area (Å²) in [6.07, 6.45) is 5.42. The Balaban J connectivity index is 2.26. The summed E-state index contributed by atoms with van der Waals surface area (Å²) in [4.78, 5) is 2.69. The summed E-state index contributed by atoms with van der Waals surface area (Å²) in [5, 5.41) is 0. The maximum absolute atomic E-state index is 6.37. The third kappa shape index (κ3) is 3.83. The van der Waals surface area contributed by atoms with Crippen molar-refractivity contribution in [1.82, 2.24) is 4.90 Å². The maximum Gasteiger partial charge on any atom is 0.0499 e. The van der Waals surface area contributed by atoms with Crippen molar-refractivity contribution in [3.05, 3.63) is 35.9 Å². The van der Waals surface area contributed by atoms with E-state index >= 15 is 0 Å². The summed E-state index contributed by atoms with van der Waals surface area (Å²) in [5.74, 6) is 0.681. The van der Waals surface area contributed by atoms with Gasteiger partial charge in [0.25, 0.3) is 0 Å². The smallest absolute Gasteiger partial charge is 0.0499 e. The fraction of sp³-hybridized carbons (Fsp3) is 0.667. The molecule has 0 saturated heterocycles. The second kappa shape index (κ2) is 7.24. The average molecular weight is 274 g/mol. The molecule has 0 bridgehead atoms. The van der Waals surface area contributed by atoms with Crippen molar-refractivity contribution < 1.29 is 0 Å². The van der Waals surface area contributed by atoms with Crippen molar-refractivity contribution in [3.8, 4) is 0 Å². The first-order valence-corrected chi connectivity index (χ1v) is 8.16. The fourth-order valence-electron chi connectivity index (χ4n) is 3.59. The van der Waals surface area contributed by atoms with Crippen LogP contribution < -0.4 is 5.73 Å². The summed E-state index contributed by atoms with van der Waals surface area (Å²) in [6, 6.07) is 12.0. The minimum absolute atomic E-state index is 0.164. The van der Waals surface area contributed by atoms with Gasteiger partial charge in [0.2, 0.25) is 0 Å². The molecule has 2 N–H and O–H groups in total. The summed E-state index contributed by atoms with van der Waals surface area (Å²) in [5.41, 5.74) is 7.74. The molecular formula is C18H30N2. The minimum Gasteiger partial charge on any atom is -0.326 e. The van der Waals surface area contributed by atoms with Crippen LogP contribution in [0.2, 0.25) is 0 Å². The molecule has 2 heteroatoms. The molecule has 1 aromatic carbocycles. The van der Waals surface area contributed by atoms with Gasteiger partial charge in [0.1, 0.15) is 0 Å². The Bertz CT molecular complexity index is 380. The number of hydrogen-bond donors (Lipinski definition) is 1. The first kappa shape index (κ1) is 15.5. The lowest BCUT2D eigenvalue weighted by atomic mass is 9.95. The Labute approximate surface area is 124 Å². The number of nitrogens with two attached hydrogens (primary N) is 1. The second-order valence-corrected chi connectivity index (χ2v) is 6.74. The molecule has 0 aliphatic heterocycles. The molecule has 20 heavy (non-hydrogen) atoms. The van der Waals surface area contributed by atoms with Gasteiger partial charge in [-0.05, 0) is 31.2 Å². The monoisotopic (exact) mass is 274 g/mol. The van der Waals surface area contributed by atoms with Crippen LogP contribution in [-0.4, -0.2) is 23.5 Å². The number of rotatable bonds is 6. The minimum atomic E-state index is 0.164. The molecule has 0 heterocycles. The number of benzene rings is 1. The lowest BCUT2D eigenvalue weighted by Gasteiger charge is -2.40. The van der Waals surface area contributed by atoms with Gasteiger partial charge >= 0.3 is 0 Å². The summed E-state index contributed by atoms with van der Waals surface area (Å²) in [6.45, 7) is 7.92. The SMILES string of the molecule is CC(C)CN(C1CCCC1)C(c1ccccc1)C(C)N. The molecule has 2 unspecified atom stereocenters. The van der Waals surface area contributed by atoms with Crippen molar-refractivity contribution in [2.24, 2.45) is 11.7 Å². The van der Waals surface area contributed by atoms with Gasteiger partial charge in [0, 0.05) is 24.7 Å². The van der Waals surface area contributed by atoms with Crippen LogP contribution in [0, 0.1) is 5.92 Å². The van der Waals surface area contributed by atoms with Crippen LogP contribution in [0.15, 0.2) is 30.3 Å². The Morgan fingerprint density at radius 2 is 1.70 bits per heavy atom. The molecule has 0 spiro atoms. The van der Waals surface area contributed by atoms with Crippen LogP contribution in [0.3, 0.4) is 0 Å². The van der Waals surface area contributed by atoms with E-state index in [1.54, 1.807) is 0 Å². The number of hydrogen-bond acceptors (Lipinski definition) is 2. The van der Waals surface area contributed by atoms with Gasteiger partial charge in [0.15, 0.2) is 0 Å². The molecule has 1 saturated carbocycles. The zero-order chi connectivity index (χ0) is 14.5. The van der Waals surface area contributed by atoms with Crippen molar-refractivity contribution in [2.75, 3.05) is 6.54 Å². The lowest BCUT2D eigenvalue weighted by Crippen LogP contribution is -2.46. The molecule has 1 aliphatic rings. The maximum atomic E-state index is 6.37. The van der Waals surface area contributed by atoms with Crippen molar-refractivity contribution in [1.29, 1.82) is 0 Å². The molecule has 2 atom stereocenters. The quantitative estimate of drug-likeness (QED) is 0.850. The third-order valence-electron chi connectivity index (χ3n) is 4.37. The van der Waals surface area contributed by atoms with Gasteiger partial charge in [-0.1, -0.05) is 57.0 Å². The highest BCUT2D eigenvalue weighted by atomic mass is 15.2. The van der Waals surface area contributed by atoms with E-state index in [2.05, 4.69) is 56.0 Å². The molecule has 0 amide bonds. The molecule has 0 aromatic heterocycles. The molecule has 0 radical (unpaired) electrons. The predicted octanol–water partition coefficient (Wildman–Crippen LogP) is 3.98. The highest BCUT2D eigenvalue weighted by molar-refractivity contribution is 5.21. The van der Waals surface area contributed by atoms with Crippen LogP contribution in [0.1, 0.15) is 58.1 Å². The average Bonchev–Trinajstić information content (AvgIpc) is 2.92. The first-order chi connectivity index (χ1) is 9.59. The molecule has 2 rings (SSSR count). The molecule has 2 nitrogen and oxygen atoms in total. The van der Waals surface area contributed by atoms with Crippen molar-refractivity contribution >= 4 is 0 Å². The van der Waals surface area contributed by atoms with E-state index in [1.165, 1.54) is 31.2 Å². The summed E-state index contributed by atoms with van der Waals surface area (Å²) in [7, 11) is 0. The van der Waals surface area contributed by atoms with E-state index in [-0.39, 0.29) is 6.04 Å². The van der Waals surface area contributed by atoms with Crippen LogP contribution in [-0.2, 0) is 0 Å². The fourth-order valence-corrected chi connectivity index (χ4v) is 3.59. The highest BCUT2D eigenvalue weighted by Gasteiger charge is 2.31. The summed E-state index contributed by atoms with van der Waals surface area (Å²) < 4.78 is 0. The zero-order valence-corrected chi connectivity index (χ0v) is 13.3. The lowest BCUT2D eigenvalue weighted by molar-refractivity contribution is 0.104. The third-order valence-corrected chi connectivity index (χ3v) is 4.37. The van der Waals surface area contributed by atoms with Gasteiger partial charge in [-0.3, -0.25) is 4.90 Å². The molecule has 1 fully saturated rings. The topological polar surface area (TPSA) is 29.3 Å². The Morgan fingerprint density at radius 1 is 1.10 bits per heavy atom.